The van der Waals surface area contributed by atoms with Gasteiger partial charge in [-0.2, -0.15) is 0 Å². The number of para-hydroxylation sites is 1. The molecule has 0 saturated heterocycles. The van der Waals surface area contributed by atoms with Crippen LogP contribution in [0.25, 0.3) is 122 Å². The van der Waals surface area contributed by atoms with Crippen LogP contribution in [0.15, 0.2) is 197 Å². The minimum atomic E-state index is 0.563. The summed E-state index contributed by atoms with van der Waals surface area (Å²) in [6, 6.07) is 65.2. The van der Waals surface area contributed by atoms with Crippen LogP contribution < -0.4 is 0 Å². The first kappa shape index (κ1) is 32.4. The molecule has 0 unspecified atom stereocenters. The van der Waals surface area contributed by atoms with Crippen LogP contribution in [0, 0.1) is 0 Å². The smallest absolute Gasteiger partial charge is 0.164 e. The molecule has 5 heteroatoms. The van der Waals surface area contributed by atoms with E-state index < -0.39 is 0 Å². The Morgan fingerprint density at radius 1 is 0.293 bits per heavy atom. The maximum atomic E-state index is 6.68. The average Bonchev–Trinajstić information content (AvgIpc) is 3.87. The highest BCUT2D eigenvalue weighted by Crippen LogP contribution is 2.43. The number of fused-ring (bicyclic) bond motifs is 9. The molecule has 12 aromatic rings. The molecule has 270 valence electrons. The maximum Gasteiger partial charge on any atom is 0.164 e. The summed E-state index contributed by atoms with van der Waals surface area (Å²) in [5.74, 6) is 1.73. The van der Waals surface area contributed by atoms with E-state index in [1.807, 2.05) is 42.5 Å². The van der Waals surface area contributed by atoms with Gasteiger partial charge < -0.3 is 8.83 Å². The van der Waals surface area contributed by atoms with Crippen LogP contribution in [0.1, 0.15) is 0 Å². The van der Waals surface area contributed by atoms with Gasteiger partial charge in [-0.1, -0.05) is 146 Å². The Labute approximate surface area is 332 Å². The predicted molar refractivity (Wildman–Crippen MR) is 237 cm³/mol. The molecule has 3 aromatic heterocycles. The molecule has 0 N–H and O–H groups in total. The van der Waals surface area contributed by atoms with E-state index in [1.54, 1.807) is 0 Å². The van der Waals surface area contributed by atoms with Crippen molar-refractivity contribution in [2.24, 2.45) is 0 Å². The lowest BCUT2D eigenvalue weighted by molar-refractivity contribution is 0.669. The lowest BCUT2D eigenvalue weighted by atomic mass is 9.96. The van der Waals surface area contributed by atoms with Crippen molar-refractivity contribution < 1.29 is 8.83 Å². The number of hydrogen-bond acceptors (Lipinski definition) is 5. The highest BCUT2D eigenvalue weighted by Gasteiger charge is 2.21. The molecule has 58 heavy (non-hydrogen) atoms. The van der Waals surface area contributed by atoms with Gasteiger partial charge in [-0.15, -0.1) is 0 Å². The molecule has 0 aliphatic rings. The first-order valence-electron chi connectivity index (χ1n) is 19.4. The first-order valence-corrected chi connectivity index (χ1v) is 19.4. The molecule has 3 heterocycles. The van der Waals surface area contributed by atoms with E-state index in [2.05, 4.69) is 146 Å². The Morgan fingerprint density at radius 2 is 0.879 bits per heavy atom. The third kappa shape index (κ3) is 5.21. The second-order valence-corrected chi connectivity index (χ2v) is 14.8. The monoisotopic (exact) mass is 741 g/mol. The molecule has 0 bridgehead atoms. The third-order valence-electron chi connectivity index (χ3n) is 11.3. The molecule has 0 saturated carbocycles. The van der Waals surface area contributed by atoms with Gasteiger partial charge in [0.2, 0.25) is 0 Å². The Bertz CT molecular complexity index is 3570. The van der Waals surface area contributed by atoms with Crippen molar-refractivity contribution >= 4 is 65.4 Å². The number of benzene rings is 9. The highest BCUT2D eigenvalue weighted by molar-refractivity contribution is 6.22. The van der Waals surface area contributed by atoms with E-state index in [4.69, 9.17) is 23.8 Å². The van der Waals surface area contributed by atoms with Gasteiger partial charge in [0.05, 0.1) is 0 Å². The number of aromatic nitrogens is 3. The van der Waals surface area contributed by atoms with Crippen LogP contribution in [0.2, 0.25) is 0 Å². The number of rotatable bonds is 5. The minimum Gasteiger partial charge on any atom is -0.456 e. The SMILES string of the molecule is c1ccc(-c2ccc3cc(-c4nc(-c5ccc6c(c5)oc5ccccc56)nc(-c5cc6c(oc7cccc(-c8ccccc8)c76)c6ccccc56)n4)ccc3c2)cc1. The molecule has 0 spiro atoms. The topological polar surface area (TPSA) is 65.0 Å². The van der Waals surface area contributed by atoms with Crippen LogP contribution in [0.3, 0.4) is 0 Å². The maximum absolute atomic E-state index is 6.68. The van der Waals surface area contributed by atoms with Crippen LogP contribution in [-0.4, -0.2) is 15.0 Å². The van der Waals surface area contributed by atoms with E-state index >= 15 is 0 Å². The molecule has 0 amide bonds. The second kappa shape index (κ2) is 12.8. The van der Waals surface area contributed by atoms with Gasteiger partial charge in [-0.25, -0.2) is 15.0 Å². The Hall–Kier alpha value is -7.89. The Balaban J connectivity index is 1.10. The lowest BCUT2D eigenvalue weighted by Gasteiger charge is -2.12. The lowest BCUT2D eigenvalue weighted by Crippen LogP contribution is -2.01. The van der Waals surface area contributed by atoms with Crippen LogP contribution in [-0.2, 0) is 0 Å². The molecule has 12 rings (SSSR count). The molecule has 9 aromatic carbocycles. The average molecular weight is 742 g/mol. The number of nitrogens with zero attached hydrogens (tertiary/aromatic N) is 3. The highest BCUT2D eigenvalue weighted by atomic mass is 16.3. The summed E-state index contributed by atoms with van der Waals surface area (Å²) in [5.41, 5.74) is 10.6. The van der Waals surface area contributed by atoms with Gasteiger partial charge in [0.25, 0.3) is 0 Å². The normalized spacial score (nSPS) is 11.8. The van der Waals surface area contributed by atoms with Crippen LogP contribution in [0.4, 0.5) is 0 Å². The van der Waals surface area contributed by atoms with Gasteiger partial charge >= 0.3 is 0 Å². The fourth-order valence-electron chi connectivity index (χ4n) is 8.51. The summed E-state index contributed by atoms with van der Waals surface area (Å²) >= 11 is 0. The zero-order valence-corrected chi connectivity index (χ0v) is 31.1. The van der Waals surface area contributed by atoms with Gasteiger partial charge in [0.1, 0.15) is 22.3 Å². The van der Waals surface area contributed by atoms with Gasteiger partial charge in [0.15, 0.2) is 17.5 Å². The molecule has 0 fully saturated rings. The van der Waals surface area contributed by atoms with Crippen molar-refractivity contribution in [3.63, 3.8) is 0 Å². The van der Waals surface area contributed by atoms with Crippen molar-refractivity contribution in [3.05, 3.63) is 188 Å². The fourth-order valence-corrected chi connectivity index (χ4v) is 8.51. The van der Waals surface area contributed by atoms with E-state index in [9.17, 15) is 0 Å². The number of hydrogen-bond donors (Lipinski definition) is 0. The van der Waals surface area contributed by atoms with E-state index in [0.717, 1.165) is 93.2 Å². The summed E-state index contributed by atoms with van der Waals surface area (Å²) in [5, 5.41) is 8.45. The zero-order valence-electron chi connectivity index (χ0n) is 31.1. The van der Waals surface area contributed by atoms with Crippen molar-refractivity contribution in [2.45, 2.75) is 0 Å². The molecule has 0 radical (unpaired) electrons. The zero-order chi connectivity index (χ0) is 38.2. The van der Waals surface area contributed by atoms with Crippen molar-refractivity contribution in [3.8, 4) is 56.4 Å². The summed E-state index contributed by atoms with van der Waals surface area (Å²) in [7, 11) is 0. The Morgan fingerprint density at radius 3 is 1.67 bits per heavy atom. The largest absolute Gasteiger partial charge is 0.456 e. The summed E-state index contributed by atoms with van der Waals surface area (Å²) in [6.45, 7) is 0. The predicted octanol–water partition coefficient (Wildman–Crippen LogP) is 14.3. The summed E-state index contributed by atoms with van der Waals surface area (Å²) in [6.07, 6.45) is 0. The molecule has 0 atom stereocenters. The van der Waals surface area contributed by atoms with Gasteiger partial charge in [-0.05, 0) is 80.9 Å². The van der Waals surface area contributed by atoms with Gasteiger partial charge in [0, 0.05) is 43.6 Å². The van der Waals surface area contributed by atoms with Crippen LogP contribution >= 0.6 is 0 Å². The number of furan rings is 2. The van der Waals surface area contributed by atoms with E-state index in [0.29, 0.717) is 17.5 Å². The molecular formula is C53H31N3O2. The molecule has 0 aliphatic carbocycles. The fraction of sp³-hybridized carbons (Fsp3) is 0. The molecule has 0 aliphatic heterocycles. The quantitative estimate of drug-likeness (QED) is 0.176. The third-order valence-corrected chi connectivity index (χ3v) is 11.3. The Kier molecular flexibility index (Phi) is 7.16. The first-order chi connectivity index (χ1) is 28.7. The van der Waals surface area contributed by atoms with E-state index in [1.165, 1.54) is 11.1 Å². The summed E-state index contributed by atoms with van der Waals surface area (Å²) in [4.78, 5) is 15.8. The van der Waals surface area contributed by atoms with E-state index in [-0.39, 0.29) is 0 Å². The molecule has 5 nitrogen and oxygen atoms in total. The van der Waals surface area contributed by atoms with Crippen molar-refractivity contribution in [1.29, 1.82) is 0 Å². The van der Waals surface area contributed by atoms with Crippen molar-refractivity contribution in [2.75, 3.05) is 0 Å². The van der Waals surface area contributed by atoms with Crippen LogP contribution in [0.5, 0.6) is 0 Å². The second-order valence-electron chi connectivity index (χ2n) is 14.8. The molecular weight excluding hydrogens is 711 g/mol. The van der Waals surface area contributed by atoms with Gasteiger partial charge in [-0.3, -0.25) is 0 Å². The summed E-state index contributed by atoms with van der Waals surface area (Å²) < 4.78 is 13.0. The standard InChI is InChI=1S/C53H31N3O2/c1-3-12-32(13-4-1)34-22-23-36-29-37(25-24-35(36)28-34)51-54-52(38-26-27-42-41-17-9-10-20-46(41)57-48(42)30-38)56-53(55-51)44-31-45-49-39(33-14-5-2-6-15-33)19-11-21-47(49)58-50(45)43-18-8-7-16-40(43)44/h1-31H. The van der Waals surface area contributed by atoms with Crippen molar-refractivity contribution in [1.82, 2.24) is 15.0 Å². The minimum absolute atomic E-state index is 0.563.